The van der Waals surface area contributed by atoms with Crippen LogP contribution in [0.15, 0.2) is 18.2 Å². The molecule has 7 heteroatoms. The number of rotatable bonds is 6. The van der Waals surface area contributed by atoms with E-state index in [4.69, 9.17) is 5.11 Å². The summed E-state index contributed by atoms with van der Waals surface area (Å²) >= 11 is 0. The number of likely N-dealkylation sites (tertiary alicyclic amines) is 1. The summed E-state index contributed by atoms with van der Waals surface area (Å²) in [7, 11) is 1.86. The first-order valence-corrected chi connectivity index (χ1v) is 8.70. The van der Waals surface area contributed by atoms with Crippen molar-refractivity contribution in [2.45, 2.75) is 45.2 Å². The zero-order valence-electron chi connectivity index (χ0n) is 15.1. The molecule has 1 aliphatic rings. The monoisotopic (exact) mass is 349 g/mol. The zero-order chi connectivity index (χ0) is 18.6. The van der Waals surface area contributed by atoms with Gasteiger partial charge in [-0.15, -0.1) is 0 Å². The number of aryl methyl sites for hydroxylation is 1. The highest BCUT2D eigenvalue weighted by Gasteiger charge is 2.25. The maximum atomic E-state index is 11.1. The van der Waals surface area contributed by atoms with E-state index in [1.807, 2.05) is 24.9 Å². The van der Waals surface area contributed by atoms with Crippen LogP contribution in [0.1, 0.15) is 43.4 Å². The molecule has 1 heterocycles. The number of nitrogens with zero attached hydrogens (tertiary/aromatic N) is 3. The van der Waals surface area contributed by atoms with Crippen LogP contribution in [0.4, 0.5) is 5.69 Å². The summed E-state index contributed by atoms with van der Waals surface area (Å²) < 4.78 is 0. The van der Waals surface area contributed by atoms with Crippen molar-refractivity contribution in [1.82, 2.24) is 9.80 Å². The largest absolute Gasteiger partial charge is 0.480 e. The quantitative estimate of drug-likeness (QED) is 0.628. The van der Waals surface area contributed by atoms with Gasteiger partial charge in [0, 0.05) is 30.8 Å². The first-order valence-electron chi connectivity index (χ1n) is 8.70. The minimum absolute atomic E-state index is 0.0597. The van der Waals surface area contributed by atoms with Crippen molar-refractivity contribution in [3.8, 4) is 0 Å². The standard InChI is InChI=1S/C18H27N3O4/c1-13-6-7-16(21(24)25)11-17(13)14(2)20-9-4-5-15(8-10-20)19(3)12-18(22)23/h6-7,11,14-15H,4-5,8-10,12H2,1-3H3,(H,22,23). The van der Waals surface area contributed by atoms with Gasteiger partial charge < -0.3 is 5.11 Å². The second-order valence-electron chi connectivity index (χ2n) is 6.90. The number of nitro benzene ring substituents is 1. The third-order valence-electron chi connectivity index (χ3n) is 5.21. The van der Waals surface area contributed by atoms with Gasteiger partial charge in [0.2, 0.25) is 0 Å². The Labute approximate surface area is 148 Å². The number of non-ortho nitro benzene ring substituents is 1. The fourth-order valence-corrected chi connectivity index (χ4v) is 3.66. The van der Waals surface area contributed by atoms with E-state index in [0.717, 1.165) is 43.5 Å². The van der Waals surface area contributed by atoms with Gasteiger partial charge in [0.05, 0.1) is 11.5 Å². The minimum Gasteiger partial charge on any atom is -0.480 e. The highest BCUT2D eigenvalue weighted by atomic mass is 16.6. The van der Waals surface area contributed by atoms with Gasteiger partial charge in [0.15, 0.2) is 0 Å². The van der Waals surface area contributed by atoms with Crippen molar-refractivity contribution in [1.29, 1.82) is 0 Å². The molecule has 1 fully saturated rings. The van der Waals surface area contributed by atoms with Crippen LogP contribution in [0, 0.1) is 17.0 Å². The Kier molecular flexibility index (Phi) is 6.50. The topological polar surface area (TPSA) is 86.9 Å². The van der Waals surface area contributed by atoms with E-state index in [1.54, 1.807) is 12.1 Å². The molecule has 1 N–H and O–H groups in total. The summed E-state index contributed by atoms with van der Waals surface area (Å²) in [5, 5.41) is 20.0. The van der Waals surface area contributed by atoms with Crippen molar-refractivity contribution in [2.75, 3.05) is 26.7 Å². The van der Waals surface area contributed by atoms with Gasteiger partial charge in [-0.1, -0.05) is 6.07 Å². The lowest BCUT2D eigenvalue weighted by Gasteiger charge is -2.30. The molecule has 0 amide bonds. The van der Waals surface area contributed by atoms with Crippen LogP contribution >= 0.6 is 0 Å². The fourth-order valence-electron chi connectivity index (χ4n) is 3.66. The normalized spacial score (nSPS) is 20.2. The van der Waals surface area contributed by atoms with Crippen LogP contribution in [0.3, 0.4) is 0 Å². The van der Waals surface area contributed by atoms with E-state index in [2.05, 4.69) is 11.8 Å². The van der Waals surface area contributed by atoms with E-state index >= 15 is 0 Å². The summed E-state index contributed by atoms with van der Waals surface area (Å²) in [6.07, 6.45) is 2.87. The Morgan fingerprint density at radius 1 is 1.44 bits per heavy atom. The first-order chi connectivity index (χ1) is 11.8. The summed E-state index contributed by atoms with van der Waals surface area (Å²) in [4.78, 5) is 25.9. The molecule has 1 aliphatic heterocycles. The van der Waals surface area contributed by atoms with Gasteiger partial charge in [-0.2, -0.15) is 0 Å². The second-order valence-corrected chi connectivity index (χ2v) is 6.90. The van der Waals surface area contributed by atoms with E-state index in [-0.39, 0.29) is 29.2 Å². The van der Waals surface area contributed by atoms with Crippen LogP contribution < -0.4 is 0 Å². The Balaban J connectivity index is 2.08. The molecular weight excluding hydrogens is 322 g/mol. The number of carbonyl (C=O) groups is 1. The van der Waals surface area contributed by atoms with Gasteiger partial charge in [-0.3, -0.25) is 24.7 Å². The van der Waals surface area contributed by atoms with E-state index in [0.29, 0.717) is 0 Å². The smallest absolute Gasteiger partial charge is 0.317 e. The molecule has 1 aromatic rings. The number of carboxylic acid groups (broad SMARTS) is 1. The molecule has 0 spiro atoms. The Bertz CT molecular complexity index is 635. The van der Waals surface area contributed by atoms with Crippen molar-refractivity contribution < 1.29 is 14.8 Å². The van der Waals surface area contributed by atoms with Crippen LogP contribution in [0.25, 0.3) is 0 Å². The maximum Gasteiger partial charge on any atom is 0.317 e. The summed E-state index contributed by atoms with van der Waals surface area (Å²) in [6.45, 7) is 5.91. The predicted molar refractivity (Wildman–Crippen MR) is 95.7 cm³/mol. The molecule has 2 rings (SSSR count). The summed E-state index contributed by atoms with van der Waals surface area (Å²) in [5.41, 5.74) is 2.18. The van der Waals surface area contributed by atoms with E-state index in [9.17, 15) is 14.9 Å². The van der Waals surface area contributed by atoms with Gasteiger partial charge in [-0.05, 0) is 57.8 Å². The number of hydrogen-bond acceptors (Lipinski definition) is 5. The zero-order valence-corrected chi connectivity index (χ0v) is 15.1. The van der Waals surface area contributed by atoms with Crippen molar-refractivity contribution >= 4 is 11.7 Å². The predicted octanol–water partition coefficient (Wildman–Crippen LogP) is 2.84. The van der Waals surface area contributed by atoms with E-state index < -0.39 is 5.97 Å². The highest BCUT2D eigenvalue weighted by molar-refractivity contribution is 5.69. The Morgan fingerprint density at radius 2 is 2.16 bits per heavy atom. The molecule has 25 heavy (non-hydrogen) atoms. The summed E-state index contributed by atoms with van der Waals surface area (Å²) in [5.74, 6) is -0.802. The molecule has 138 valence electrons. The Morgan fingerprint density at radius 3 is 2.80 bits per heavy atom. The van der Waals surface area contributed by atoms with Gasteiger partial charge in [-0.25, -0.2) is 0 Å². The third kappa shape index (κ3) is 4.99. The van der Waals surface area contributed by atoms with Crippen LogP contribution in [0.5, 0.6) is 0 Å². The van der Waals surface area contributed by atoms with Gasteiger partial charge >= 0.3 is 5.97 Å². The lowest BCUT2D eigenvalue weighted by Crippen LogP contribution is -2.37. The van der Waals surface area contributed by atoms with Crippen molar-refractivity contribution in [2.24, 2.45) is 0 Å². The van der Waals surface area contributed by atoms with Crippen LogP contribution in [0.2, 0.25) is 0 Å². The molecule has 0 aromatic heterocycles. The number of nitro groups is 1. The lowest BCUT2D eigenvalue weighted by atomic mass is 10.00. The molecule has 1 aromatic carbocycles. The highest BCUT2D eigenvalue weighted by Crippen LogP contribution is 2.29. The Hall–Kier alpha value is -1.99. The number of hydrogen-bond donors (Lipinski definition) is 1. The van der Waals surface area contributed by atoms with Crippen molar-refractivity contribution in [3.05, 3.63) is 39.4 Å². The average molecular weight is 349 g/mol. The second kappa shape index (κ2) is 8.40. The van der Waals surface area contributed by atoms with Crippen LogP contribution in [-0.2, 0) is 4.79 Å². The first kappa shape index (κ1) is 19.3. The summed E-state index contributed by atoms with van der Waals surface area (Å²) in [6, 6.07) is 5.40. The number of benzene rings is 1. The number of carboxylic acids is 1. The number of aliphatic carboxylic acids is 1. The van der Waals surface area contributed by atoms with Gasteiger partial charge in [0.1, 0.15) is 0 Å². The molecule has 0 saturated carbocycles. The average Bonchev–Trinajstić information content (AvgIpc) is 2.80. The third-order valence-corrected chi connectivity index (χ3v) is 5.21. The minimum atomic E-state index is -0.802. The molecule has 7 nitrogen and oxygen atoms in total. The van der Waals surface area contributed by atoms with Crippen molar-refractivity contribution in [3.63, 3.8) is 0 Å². The van der Waals surface area contributed by atoms with E-state index in [1.165, 1.54) is 0 Å². The van der Waals surface area contributed by atoms with Crippen LogP contribution in [-0.4, -0.2) is 58.5 Å². The maximum absolute atomic E-state index is 11.1. The molecular formula is C18H27N3O4. The molecule has 0 radical (unpaired) electrons. The lowest BCUT2D eigenvalue weighted by molar-refractivity contribution is -0.385. The number of likely N-dealkylation sites (N-methyl/N-ethyl adjacent to an activating group) is 1. The molecule has 0 aliphatic carbocycles. The molecule has 0 bridgehead atoms. The molecule has 2 atom stereocenters. The molecule has 2 unspecified atom stereocenters. The molecule has 1 saturated heterocycles. The van der Waals surface area contributed by atoms with Gasteiger partial charge in [0.25, 0.3) is 5.69 Å². The fraction of sp³-hybridized carbons (Fsp3) is 0.611. The SMILES string of the molecule is Cc1ccc([N+](=O)[O-])cc1C(C)N1CCCC(N(C)CC(=O)O)CC1.